The molecule has 1 saturated heterocycles. The number of nitrogens with zero attached hydrogens (tertiary/aromatic N) is 3. The number of thiophene rings is 1. The minimum absolute atomic E-state index is 0.0384. The highest BCUT2D eigenvalue weighted by Crippen LogP contribution is 2.37. The number of aryl methyl sites for hydroxylation is 1. The molecule has 0 radical (unpaired) electrons. The highest BCUT2D eigenvalue weighted by Gasteiger charge is 2.38. The standard InChI is InChI=1S/C22H27N3O5S2/c1-3-19-18-9-13-31-20(18)8-12-24(19)22(26)16-6-10-23(11-7-16)32(29,30)21-14-17(25(27)28)5-4-15(21)2/h4-5,9,13-14,16,19H,3,6-8,10-12H2,1-2H3/t19-/m0/s1. The summed E-state index contributed by atoms with van der Waals surface area (Å²) in [6.45, 7) is 4.89. The summed E-state index contributed by atoms with van der Waals surface area (Å²) in [7, 11) is -3.87. The second-order valence-corrected chi connectivity index (χ2v) is 11.3. The molecule has 0 spiro atoms. The molecular weight excluding hydrogens is 450 g/mol. The number of carbonyl (C=O) groups excluding carboxylic acids is 1. The van der Waals surface area contributed by atoms with Crippen LogP contribution in [-0.4, -0.2) is 48.1 Å². The van der Waals surface area contributed by atoms with Crippen molar-refractivity contribution >= 4 is 33.0 Å². The lowest BCUT2D eigenvalue weighted by atomic mass is 9.92. The minimum Gasteiger partial charge on any atom is -0.335 e. The van der Waals surface area contributed by atoms with Crippen LogP contribution in [0.15, 0.2) is 34.5 Å². The number of piperidine rings is 1. The molecule has 1 atom stereocenters. The first-order chi connectivity index (χ1) is 15.2. The second-order valence-electron chi connectivity index (χ2n) is 8.39. The lowest BCUT2D eigenvalue weighted by Crippen LogP contribution is -2.47. The Labute approximate surface area is 192 Å². The van der Waals surface area contributed by atoms with E-state index in [4.69, 9.17) is 0 Å². The van der Waals surface area contributed by atoms with E-state index < -0.39 is 14.9 Å². The lowest BCUT2D eigenvalue weighted by molar-refractivity contribution is -0.385. The predicted octanol–water partition coefficient (Wildman–Crippen LogP) is 3.90. The summed E-state index contributed by atoms with van der Waals surface area (Å²) in [5.74, 6) is -0.0980. The van der Waals surface area contributed by atoms with Crippen LogP contribution >= 0.6 is 11.3 Å². The van der Waals surface area contributed by atoms with Gasteiger partial charge in [-0.1, -0.05) is 13.0 Å². The zero-order valence-corrected chi connectivity index (χ0v) is 19.8. The normalized spacial score (nSPS) is 20.2. The fourth-order valence-electron chi connectivity index (χ4n) is 4.80. The summed E-state index contributed by atoms with van der Waals surface area (Å²) in [5, 5.41) is 13.2. The SMILES string of the molecule is CC[C@H]1c2ccsc2CCN1C(=O)C1CCN(S(=O)(=O)c2cc([N+](=O)[O-])ccc2C)CC1. The van der Waals surface area contributed by atoms with Gasteiger partial charge in [0.25, 0.3) is 5.69 Å². The van der Waals surface area contributed by atoms with Crippen molar-refractivity contribution in [1.29, 1.82) is 0 Å². The molecule has 0 N–H and O–H groups in total. The van der Waals surface area contributed by atoms with Gasteiger partial charge in [0.2, 0.25) is 15.9 Å². The maximum Gasteiger partial charge on any atom is 0.270 e. The molecule has 8 nitrogen and oxygen atoms in total. The largest absolute Gasteiger partial charge is 0.335 e. The van der Waals surface area contributed by atoms with E-state index in [2.05, 4.69) is 18.4 Å². The van der Waals surface area contributed by atoms with E-state index in [1.54, 1.807) is 18.3 Å². The smallest absolute Gasteiger partial charge is 0.270 e. The summed E-state index contributed by atoms with van der Waals surface area (Å²) in [6.07, 6.45) is 2.63. The number of nitro groups is 1. The molecule has 3 heterocycles. The molecule has 1 aromatic carbocycles. The fourth-order valence-corrected chi connectivity index (χ4v) is 7.44. The third-order valence-corrected chi connectivity index (χ3v) is 9.61. The number of amides is 1. The summed E-state index contributed by atoms with van der Waals surface area (Å²) in [5.41, 5.74) is 1.47. The van der Waals surface area contributed by atoms with Crippen molar-refractivity contribution in [2.75, 3.05) is 19.6 Å². The van der Waals surface area contributed by atoms with E-state index in [1.807, 2.05) is 4.90 Å². The third-order valence-electron chi connectivity index (χ3n) is 6.57. The van der Waals surface area contributed by atoms with E-state index in [9.17, 15) is 23.3 Å². The fraction of sp³-hybridized carbons (Fsp3) is 0.500. The zero-order chi connectivity index (χ0) is 23.0. The van der Waals surface area contributed by atoms with Crippen molar-refractivity contribution in [3.05, 3.63) is 55.8 Å². The molecule has 2 aliphatic heterocycles. The third kappa shape index (κ3) is 4.06. The van der Waals surface area contributed by atoms with Gasteiger partial charge in [0.15, 0.2) is 0 Å². The summed E-state index contributed by atoms with van der Waals surface area (Å²) in [6, 6.07) is 6.10. The molecule has 0 saturated carbocycles. The van der Waals surface area contributed by atoms with Crippen LogP contribution in [0.5, 0.6) is 0 Å². The summed E-state index contributed by atoms with van der Waals surface area (Å²) < 4.78 is 27.7. The van der Waals surface area contributed by atoms with Gasteiger partial charge in [-0.3, -0.25) is 14.9 Å². The van der Waals surface area contributed by atoms with Gasteiger partial charge < -0.3 is 4.90 Å². The van der Waals surface area contributed by atoms with Gasteiger partial charge in [-0.15, -0.1) is 11.3 Å². The van der Waals surface area contributed by atoms with E-state index in [1.165, 1.54) is 26.9 Å². The number of rotatable bonds is 5. The highest BCUT2D eigenvalue weighted by molar-refractivity contribution is 7.89. The Bertz CT molecular complexity index is 1140. The molecule has 2 aliphatic rings. The highest BCUT2D eigenvalue weighted by atomic mass is 32.2. The maximum atomic E-state index is 13.3. The van der Waals surface area contributed by atoms with Crippen LogP contribution in [-0.2, 0) is 21.2 Å². The summed E-state index contributed by atoms with van der Waals surface area (Å²) in [4.78, 5) is 27.1. The number of benzene rings is 1. The quantitative estimate of drug-likeness (QED) is 0.480. The first-order valence-electron chi connectivity index (χ1n) is 10.9. The van der Waals surface area contributed by atoms with Gasteiger partial charge >= 0.3 is 0 Å². The zero-order valence-electron chi connectivity index (χ0n) is 18.2. The van der Waals surface area contributed by atoms with E-state index in [0.29, 0.717) is 24.9 Å². The molecule has 1 amide bonds. The average Bonchev–Trinajstić information content (AvgIpc) is 3.27. The number of fused-ring (bicyclic) bond motifs is 1. The second kappa shape index (κ2) is 8.92. The molecule has 172 valence electrons. The van der Waals surface area contributed by atoms with Crippen molar-refractivity contribution in [2.24, 2.45) is 5.92 Å². The molecule has 1 aromatic heterocycles. The van der Waals surface area contributed by atoms with Gasteiger partial charge in [-0.2, -0.15) is 4.31 Å². The Kier molecular flexibility index (Phi) is 6.37. The Morgan fingerprint density at radius 3 is 2.59 bits per heavy atom. The van der Waals surface area contributed by atoms with Crippen LogP contribution in [0.2, 0.25) is 0 Å². The lowest BCUT2D eigenvalue weighted by Gasteiger charge is -2.39. The van der Waals surface area contributed by atoms with Crippen LogP contribution in [0.4, 0.5) is 5.69 Å². The van der Waals surface area contributed by atoms with Crippen molar-refractivity contribution in [2.45, 2.75) is 50.5 Å². The number of carbonyl (C=O) groups is 1. The van der Waals surface area contributed by atoms with Gasteiger partial charge in [-0.05, 0) is 55.2 Å². The van der Waals surface area contributed by atoms with Gasteiger partial charge in [-0.25, -0.2) is 8.42 Å². The van der Waals surface area contributed by atoms with Gasteiger partial charge in [0.05, 0.1) is 15.9 Å². The molecule has 10 heteroatoms. The molecule has 0 aliphatic carbocycles. The number of nitro benzene ring substituents is 1. The topological polar surface area (TPSA) is 101 Å². The number of hydrogen-bond acceptors (Lipinski definition) is 6. The van der Waals surface area contributed by atoms with Crippen LogP contribution in [0.1, 0.15) is 48.2 Å². The van der Waals surface area contributed by atoms with Crippen molar-refractivity contribution in [3.8, 4) is 0 Å². The van der Waals surface area contributed by atoms with Gasteiger partial charge in [0, 0.05) is 42.6 Å². The molecule has 32 heavy (non-hydrogen) atoms. The maximum absolute atomic E-state index is 13.3. The van der Waals surface area contributed by atoms with E-state index in [-0.39, 0.29) is 41.5 Å². The Morgan fingerprint density at radius 1 is 1.22 bits per heavy atom. The first-order valence-corrected chi connectivity index (χ1v) is 13.2. The first kappa shape index (κ1) is 22.9. The van der Waals surface area contributed by atoms with Crippen molar-refractivity contribution in [1.82, 2.24) is 9.21 Å². The van der Waals surface area contributed by atoms with Crippen LogP contribution in [0, 0.1) is 23.0 Å². The summed E-state index contributed by atoms with van der Waals surface area (Å²) >= 11 is 1.75. The monoisotopic (exact) mass is 477 g/mol. The van der Waals surface area contributed by atoms with Gasteiger partial charge in [0.1, 0.15) is 0 Å². The molecule has 0 unspecified atom stereocenters. The number of sulfonamides is 1. The predicted molar refractivity (Wildman–Crippen MR) is 122 cm³/mol. The van der Waals surface area contributed by atoms with Crippen molar-refractivity contribution < 1.29 is 18.1 Å². The molecule has 1 fully saturated rings. The van der Waals surface area contributed by atoms with Crippen LogP contribution in [0.3, 0.4) is 0 Å². The minimum atomic E-state index is -3.87. The van der Waals surface area contributed by atoms with E-state index >= 15 is 0 Å². The van der Waals surface area contributed by atoms with Crippen LogP contribution < -0.4 is 0 Å². The molecule has 4 rings (SSSR count). The molecular formula is C22H27N3O5S2. The van der Waals surface area contributed by atoms with E-state index in [0.717, 1.165) is 18.9 Å². The number of non-ortho nitro benzene ring substituents is 1. The Balaban J connectivity index is 1.47. The Hall–Kier alpha value is -2.30. The van der Waals surface area contributed by atoms with Crippen molar-refractivity contribution in [3.63, 3.8) is 0 Å². The Morgan fingerprint density at radius 2 is 1.94 bits per heavy atom. The number of hydrogen-bond donors (Lipinski definition) is 0. The van der Waals surface area contributed by atoms with Crippen LogP contribution in [0.25, 0.3) is 0 Å². The molecule has 0 bridgehead atoms. The average molecular weight is 478 g/mol. The molecule has 2 aromatic rings.